The lowest BCUT2D eigenvalue weighted by Gasteiger charge is -2.00. The summed E-state index contributed by atoms with van der Waals surface area (Å²) in [4.78, 5) is 21.9. The summed E-state index contributed by atoms with van der Waals surface area (Å²) >= 11 is 0. The van der Waals surface area contributed by atoms with Crippen LogP contribution in [-0.4, -0.2) is 20.9 Å². The Hall–Kier alpha value is -3.28. The first-order valence-corrected chi connectivity index (χ1v) is 6.46. The minimum Gasteiger partial charge on any atom is -0.289 e. The molecule has 0 spiro atoms. The van der Waals surface area contributed by atoms with Gasteiger partial charge in [-0.2, -0.15) is 5.10 Å². The molecular weight excluding hydrogens is 282 g/mol. The van der Waals surface area contributed by atoms with E-state index >= 15 is 0 Å². The van der Waals surface area contributed by atoms with Crippen molar-refractivity contribution >= 4 is 11.5 Å². The standard InChI is InChI=1S/C13H9NO3.C3H4N2/c15-13(10-4-2-1-3-5-10)11-6-8-12(9-7-11)14(16)17;1-2-4-5-3-1/h1-9H;1-3H,(H,4,5). The van der Waals surface area contributed by atoms with Crippen molar-refractivity contribution in [3.8, 4) is 0 Å². The van der Waals surface area contributed by atoms with Gasteiger partial charge in [0, 0.05) is 35.7 Å². The molecule has 0 saturated heterocycles. The minimum atomic E-state index is -0.489. The van der Waals surface area contributed by atoms with Gasteiger partial charge in [0.2, 0.25) is 0 Å². The third kappa shape index (κ3) is 4.11. The van der Waals surface area contributed by atoms with Crippen LogP contribution in [0.4, 0.5) is 5.69 Å². The van der Waals surface area contributed by atoms with Gasteiger partial charge in [0.1, 0.15) is 0 Å². The topological polar surface area (TPSA) is 88.9 Å². The monoisotopic (exact) mass is 295 g/mol. The largest absolute Gasteiger partial charge is 0.289 e. The zero-order valence-corrected chi connectivity index (χ0v) is 11.5. The summed E-state index contributed by atoms with van der Waals surface area (Å²) in [6, 6.07) is 16.2. The summed E-state index contributed by atoms with van der Waals surface area (Å²) in [5, 5.41) is 16.7. The SMILES string of the molecule is O=C(c1ccccc1)c1ccc([N+](=O)[O-])cc1.c1cn[nH]c1. The molecule has 3 aromatic rings. The van der Waals surface area contributed by atoms with E-state index < -0.39 is 4.92 Å². The molecule has 0 bridgehead atoms. The van der Waals surface area contributed by atoms with E-state index in [1.807, 2.05) is 12.1 Å². The fraction of sp³-hybridized carbons (Fsp3) is 0. The summed E-state index contributed by atoms with van der Waals surface area (Å²) in [6.07, 6.45) is 3.46. The van der Waals surface area contributed by atoms with Gasteiger partial charge in [-0.05, 0) is 18.2 Å². The summed E-state index contributed by atoms with van der Waals surface area (Å²) in [5.41, 5.74) is 0.998. The van der Waals surface area contributed by atoms with Gasteiger partial charge in [0.05, 0.1) is 4.92 Å². The Bertz CT molecular complexity index is 706. The molecule has 1 aromatic heterocycles. The third-order valence-corrected chi connectivity index (χ3v) is 2.78. The van der Waals surface area contributed by atoms with Crippen molar-refractivity contribution in [1.82, 2.24) is 10.2 Å². The van der Waals surface area contributed by atoms with E-state index in [9.17, 15) is 14.9 Å². The molecule has 0 radical (unpaired) electrons. The molecule has 0 aliphatic rings. The van der Waals surface area contributed by atoms with E-state index in [2.05, 4.69) is 10.2 Å². The number of nitro groups is 1. The molecule has 0 aliphatic heterocycles. The van der Waals surface area contributed by atoms with E-state index in [1.165, 1.54) is 24.3 Å². The Morgan fingerprint density at radius 1 is 0.955 bits per heavy atom. The van der Waals surface area contributed by atoms with E-state index in [0.717, 1.165) is 0 Å². The number of rotatable bonds is 3. The number of hydrogen-bond donors (Lipinski definition) is 1. The number of aromatic amines is 1. The highest BCUT2D eigenvalue weighted by atomic mass is 16.6. The minimum absolute atomic E-state index is 0.0189. The maximum atomic E-state index is 12.0. The molecule has 0 atom stereocenters. The van der Waals surface area contributed by atoms with Gasteiger partial charge in [-0.1, -0.05) is 30.3 Å². The molecular formula is C16H13N3O3. The molecule has 2 aromatic carbocycles. The van der Waals surface area contributed by atoms with Crippen LogP contribution in [0.3, 0.4) is 0 Å². The number of hydrogen-bond acceptors (Lipinski definition) is 4. The number of nitrogens with zero attached hydrogens (tertiary/aromatic N) is 2. The number of benzene rings is 2. The Kier molecular flexibility index (Phi) is 5.15. The normalized spacial score (nSPS) is 9.45. The van der Waals surface area contributed by atoms with Crippen molar-refractivity contribution in [1.29, 1.82) is 0 Å². The molecule has 1 heterocycles. The Balaban J connectivity index is 0.000000299. The lowest BCUT2D eigenvalue weighted by Crippen LogP contribution is -2.00. The van der Waals surface area contributed by atoms with Gasteiger partial charge in [0.25, 0.3) is 5.69 Å². The first kappa shape index (κ1) is 15.1. The fourth-order valence-electron chi connectivity index (χ4n) is 1.71. The number of nitrogens with one attached hydrogen (secondary N) is 1. The third-order valence-electron chi connectivity index (χ3n) is 2.78. The quantitative estimate of drug-likeness (QED) is 0.456. The van der Waals surface area contributed by atoms with Crippen LogP contribution in [0.5, 0.6) is 0 Å². The second-order valence-electron chi connectivity index (χ2n) is 4.27. The van der Waals surface area contributed by atoms with Crippen molar-refractivity contribution in [2.75, 3.05) is 0 Å². The average molecular weight is 295 g/mol. The highest BCUT2D eigenvalue weighted by molar-refractivity contribution is 6.09. The predicted octanol–water partition coefficient (Wildman–Crippen LogP) is 3.24. The van der Waals surface area contributed by atoms with Crippen molar-refractivity contribution in [2.24, 2.45) is 0 Å². The van der Waals surface area contributed by atoms with Crippen LogP contribution in [0.25, 0.3) is 0 Å². The molecule has 22 heavy (non-hydrogen) atoms. The van der Waals surface area contributed by atoms with E-state index in [-0.39, 0.29) is 11.5 Å². The van der Waals surface area contributed by atoms with Gasteiger partial charge in [-0.15, -0.1) is 0 Å². The Morgan fingerprint density at radius 2 is 1.59 bits per heavy atom. The lowest BCUT2D eigenvalue weighted by atomic mass is 10.0. The lowest BCUT2D eigenvalue weighted by molar-refractivity contribution is -0.384. The van der Waals surface area contributed by atoms with Gasteiger partial charge in [-0.25, -0.2) is 0 Å². The Labute approximate surface area is 126 Å². The molecule has 0 saturated carbocycles. The van der Waals surface area contributed by atoms with Crippen LogP contribution in [-0.2, 0) is 0 Å². The number of ketones is 1. The zero-order valence-electron chi connectivity index (χ0n) is 11.5. The molecule has 0 unspecified atom stereocenters. The maximum absolute atomic E-state index is 12.0. The van der Waals surface area contributed by atoms with Crippen LogP contribution in [0.15, 0.2) is 73.1 Å². The highest BCUT2D eigenvalue weighted by Crippen LogP contribution is 2.15. The second-order valence-corrected chi connectivity index (χ2v) is 4.27. The summed E-state index contributed by atoms with van der Waals surface area (Å²) in [5.74, 6) is -0.138. The molecule has 0 amide bonds. The first-order chi connectivity index (χ1) is 10.7. The molecule has 0 aliphatic carbocycles. The maximum Gasteiger partial charge on any atom is 0.269 e. The summed E-state index contributed by atoms with van der Waals surface area (Å²) < 4.78 is 0. The molecule has 1 N–H and O–H groups in total. The van der Waals surface area contributed by atoms with Crippen LogP contribution < -0.4 is 0 Å². The van der Waals surface area contributed by atoms with Gasteiger partial charge in [-0.3, -0.25) is 20.0 Å². The number of carbonyl (C=O) groups is 1. The molecule has 6 nitrogen and oxygen atoms in total. The molecule has 110 valence electrons. The smallest absolute Gasteiger partial charge is 0.269 e. The van der Waals surface area contributed by atoms with Gasteiger partial charge < -0.3 is 0 Å². The number of H-pyrrole nitrogens is 1. The molecule has 0 fully saturated rings. The number of carbonyl (C=O) groups excluding carboxylic acids is 1. The van der Waals surface area contributed by atoms with Crippen molar-refractivity contribution in [3.05, 3.63) is 94.3 Å². The number of aromatic nitrogens is 2. The van der Waals surface area contributed by atoms with E-state index in [4.69, 9.17) is 0 Å². The van der Waals surface area contributed by atoms with Crippen LogP contribution in [0.2, 0.25) is 0 Å². The van der Waals surface area contributed by atoms with Crippen LogP contribution >= 0.6 is 0 Å². The van der Waals surface area contributed by atoms with Crippen molar-refractivity contribution in [2.45, 2.75) is 0 Å². The van der Waals surface area contributed by atoms with Crippen LogP contribution in [0, 0.1) is 10.1 Å². The fourth-order valence-corrected chi connectivity index (χ4v) is 1.71. The number of nitro benzene ring substituents is 1. The summed E-state index contributed by atoms with van der Waals surface area (Å²) in [6.45, 7) is 0. The highest BCUT2D eigenvalue weighted by Gasteiger charge is 2.10. The summed E-state index contributed by atoms with van der Waals surface area (Å²) in [7, 11) is 0. The van der Waals surface area contributed by atoms with E-state index in [0.29, 0.717) is 11.1 Å². The Morgan fingerprint density at radius 3 is 2.05 bits per heavy atom. The predicted molar refractivity (Wildman–Crippen MR) is 81.6 cm³/mol. The van der Waals surface area contributed by atoms with Crippen LogP contribution in [0.1, 0.15) is 15.9 Å². The van der Waals surface area contributed by atoms with Gasteiger partial charge in [0.15, 0.2) is 5.78 Å². The van der Waals surface area contributed by atoms with Crippen molar-refractivity contribution in [3.63, 3.8) is 0 Å². The van der Waals surface area contributed by atoms with Gasteiger partial charge >= 0.3 is 0 Å². The molecule has 3 rings (SSSR count). The zero-order chi connectivity index (χ0) is 15.8. The second kappa shape index (κ2) is 7.49. The first-order valence-electron chi connectivity index (χ1n) is 6.46. The average Bonchev–Trinajstić information content (AvgIpc) is 3.15. The number of non-ortho nitro benzene ring substituents is 1. The molecule has 6 heteroatoms. The van der Waals surface area contributed by atoms with E-state index in [1.54, 1.807) is 36.7 Å². The van der Waals surface area contributed by atoms with Crippen molar-refractivity contribution < 1.29 is 9.72 Å².